The van der Waals surface area contributed by atoms with E-state index in [9.17, 15) is 0 Å². The molecule has 4 nitrogen and oxygen atoms in total. The van der Waals surface area contributed by atoms with Crippen molar-refractivity contribution in [3.8, 4) is 0 Å². The van der Waals surface area contributed by atoms with Gasteiger partial charge in [-0.2, -0.15) is 0 Å². The summed E-state index contributed by atoms with van der Waals surface area (Å²) in [5, 5.41) is 12.4. The molecular weight excluding hydrogens is 214 g/mol. The van der Waals surface area contributed by atoms with E-state index < -0.39 is 5.00 Å². The maximum Gasteiger partial charge on any atom is 0.136 e. The summed E-state index contributed by atoms with van der Waals surface area (Å²) in [6, 6.07) is 0. The Bertz CT molecular complexity index is 286. The maximum absolute atomic E-state index is 9.09. The molecule has 1 saturated heterocycles. The van der Waals surface area contributed by atoms with Gasteiger partial charge in [-0.25, -0.2) is 0 Å². The van der Waals surface area contributed by atoms with Crippen LogP contribution in [0.1, 0.15) is 6.42 Å². The molecule has 2 rings (SSSR count). The third kappa shape index (κ3) is 2.39. The zero-order valence-corrected chi connectivity index (χ0v) is 9.37. The van der Waals surface area contributed by atoms with Crippen LogP contribution in [0, 0.1) is 0 Å². The number of alkyl halides is 1. The summed E-state index contributed by atoms with van der Waals surface area (Å²) in [5.74, 6) is 0. The van der Waals surface area contributed by atoms with Crippen molar-refractivity contribution in [1.29, 1.82) is 0 Å². The minimum absolute atomic E-state index is 0.0396. The molecule has 0 bridgehead atoms. The number of nitrogens with zero attached hydrogens (tertiary/aromatic N) is 2. The fourth-order valence-electron chi connectivity index (χ4n) is 1.99. The molecule has 2 aliphatic rings. The Morgan fingerprint density at radius 3 is 2.93 bits per heavy atom. The summed E-state index contributed by atoms with van der Waals surface area (Å²) in [4.78, 5) is 5.79. The Hall–Kier alpha value is -0.420. The number of hydrogen-bond acceptors (Lipinski definition) is 4. The lowest BCUT2D eigenvalue weighted by Gasteiger charge is -2.40. The lowest BCUT2D eigenvalue weighted by Crippen LogP contribution is -2.55. The highest BCUT2D eigenvalue weighted by Gasteiger charge is 2.35. The number of rotatable bonds is 2. The van der Waals surface area contributed by atoms with Crippen molar-refractivity contribution in [3.63, 3.8) is 0 Å². The third-order valence-corrected chi connectivity index (χ3v) is 3.32. The maximum atomic E-state index is 9.09. The Labute approximate surface area is 94.6 Å². The average molecular weight is 230 g/mol. The summed E-state index contributed by atoms with van der Waals surface area (Å²) in [5.41, 5.74) is 0.894. The van der Waals surface area contributed by atoms with Crippen LogP contribution in [0.25, 0.3) is 0 Å². The minimum atomic E-state index is -0.533. The SMILES string of the molecule is OCC1=CN=CC(Cl)(N2CCNCC2)C1. The van der Waals surface area contributed by atoms with Crippen molar-refractivity contribution in [2.24, 2.45) is 4.99 Å². The van der Waals surface area contributed by atoms with E-state index in [-0.39, 0.29) is 6.61 Å². The van der Waals surface area contributed by atoms with Crippen molar-refractivity contribution in [3.05, 3.63) is 11.8 Å². The first-order valence-electron chi connectivity index (χ1n) is 5.22. The molecule has 0 amide bonds. The van der Waals surface area contributed by atoms with Crippen LogP contribution in [0.5, 0.6) is 0 Å². The number of aliphatic hydroxyl groups excluding tert-OH is 1. The Morgan fingerprint density at radius 2 is 2.27 bits per heavy atom. The molecule has 1 fully saturated rings. The van der Waals surface area contributed by atoms with Crippen LogP contribution in [-0.4, -0.2) is 54.0 Å². The highest BCUT2D eigenvalue weighted by atomic mass is 35.5. The molecule has 0 aromatic carbocycles. The van der Waals surface area contributed by atoms with E-state index >= 15 is 0 Å². The van der Waals surface area contributed by atoms with E-state index in [1.54, 1.807) is 12.4 Å². The van der Waals surface area contributed by atoms with Crippen LogP contribution < -0.4 is 5.32 Å². The van der Waals surface area contributed by atoms with Crippen LogP contribution in [0.15, 0.2) is 16.8 Å². The number of halogens is 1. The van der Waals surface area contributed by atoms with Crippen LogP contribution in [0.3, 0.4) is 0 Å². The first kappa shape index (κ1) is 11.1. The largest absolute Gasteiger partial charge is 0.392 e. The van der Waals surface area contributed by atoms with Gasteiger partial charge in [0.1, 0.15) is 5.00 Å². The topological polar surface area (TPSA) is 47.9 Å². The molecule has 2 heterocycles. The molecule has 1 atom stereocenters. The fourth-order valence-corrected chi connectivity index (χ4v) is 2.39. The molecular formula is C10H16ClN3O. The summed E-state index contributed by atoms with van der Waals surface area (Å²) in [7, 11) is 0. The third-order valence-electron chi connectivity index (χ3n) is 2.85. The van der Waals surface area contributed by atoms with Gasteiger partial charge in [-0.1, -0.05) is 11.6 Å². The summed E-state index contributed by atoms with van der Waals surface area (Å²) in [6.45, 7) is 3.81. The second-order valence-corrected chi connectivity index (χ2v) is 4.61. The Morgan fingerprint density at radius 1 is 1.53 bits per heavy atom. The molecule has 15 heavy (non-hydrogen) atoms. The van der Waals surface area contributed by atoms with Crippen molar-refractivity contribution in [2.75, 3.05) is 32.8 Å². The number of piperazine rings is 1. The molecule has 5 heteroatoms. The first-order valence-corrected chi connectivity index (χ1v) is 5.60. The molecule has 0 aromatic rings. The zero-order chi connectivity index (χ0) is 10.7. The van der Waals surface area contributed by atoms with Gasteiger partial charge < -0.3 is 10.4 Å². The molecule has 2 aliphatic heterocycles. The predicted octanol–water partition coefficient (Wildman–Crippen LogP) is 0.177. The van der Waals surface area contributed by atoms with E-state index in [0.29, 0.717) is 6.42 Å². The first-order chi connectivity index (χ1) is 7.24. The van der Waals surface area contributed by atoms with Crippen molar-refractivity contribution >= 4 is 17.8 Å². The summed E-state index contributed by atoms with van der Waals surface area (Å²) in [6.07, 6.45) is 4.14. The predicted molar refractivity (Wildman–Crippen MR) is 61.3 cm³/mol. The van der Waals surface area contributed by atoms with Gasteiger partial charge in [0, 0.05) is 45.0 Å². The van der Waals surface area contributed by atoms with Crippen LogP contribution in [-0.2, 0) is 0 Å². The second-order valence-electron chi connectivity index (χ2n) is 3.96. The van der Waals surface area contributed by atoms with Gasteiger partial charge in [0.05, 0.1) is 6.61 Å². The second kappa shape index (κ2) is 4.61. The summed E-state index contributed by atoms with van der Waals surface area (Å²) < 4.78 is 0. The quantitative estimate of drug-likeness (QED) is 0.525. The molecule has 0 aliphatic carbocycles. The summed E-state index contributed by atoms with van der Waals surface area (Å²) >= 11 is 6.52. The van der Waals surface area contributed by atoms with Crippen molar-refractivity contribution < 1.29 is 5.11 Å². The number of hydrogen-bond donors (Lipinski definition) is 2. The Kier molecular flexibility index (Phi) is 3.41. The molecule has 0 saturated carbocycles. The molecule has 0 radical (unpaired) electrons. The molecule has 1 unspecified atom stereocenters. The van der Waals surface area contributed by atoms with E-state index in [1.165, 1.54) is 0 Å². The zero-order valence-electron chi connectivity index (χ0n) is 8.62. The van der Waals surface area contributed by atoms with E-state index in [2.05, 4.69) is 15.2 Å². The van der Waals surface area contributed by atoms with Crippen LogP contribution in [0.4, 0.5) is 0 Å². The van der Waals surface area contributed by atoms with Crippen LogP contribution >= 0.6 is 11.6 Å². The smallest absolute Gasteiger partial charge is 0.136 e. The van der Waals surface area contributed by atoms with E-state index in [0.717, 1.165) is 31.8 Å². The van der Waals surface area contributed by atoms with E-state index in [1.807, 2.05) is 0 Å². The lowest BCUT2D eigenvalue weighted by atomic mass is 10.0. The van der Waals surface area contributed by atoms with Crippen molar-refractivity contribution in [1.82, 2.24) is 10.2 Å². The van der Waals surface area contributed by atoms with Gasteiger partial charge in [-0.15, -0.1) is 0 Å². The van der Waals surface area contributed by atoms with Gasteiger partial charge >= 0.3 is 0 Å². The monoisotopic (exact) mass is 229 g/mol. The van der Waals surface area contributed by atoms with Crippen LogP contribution in [0.2, 0.25) is 0 Å². The molecule has 0 aromatic heterocycles. The lowest BCUT2D eigenvalue weighted by molar-refractivity contribution is 0.183. The van der Waals surface area contributed by atoms with Gasteiger partial charge in [0.2, 0.25) is 0 Å². The Balaban J connectivity index is 2.06. The van der Waals surface area contributed by atoms with E-state index in [4.69, 9.17) is 16.7 Å². The van der Waals surface area contributed by atoms with Crippen molar-refractivity contribution in [2.45, 2.75) is 11.4 Å². The van der Waals surface area contributed by atoms with Gasteiger partial charge in [-0.05, 0) is 5.57 Å². The molecule has 0 spiro atoms. The fraction of sp³-hybridized carbons (Fsp3) is 0.700. The average Bonchev–Trinajstić information content (AvgIpc) is 2.30. The normalized spacial score (nSPS) is 32.8. The number of aliphatic imine (C=N–C) groups is 1. The highest BCUT2D eigenvalue weighted by Crippen LogP contribution is 2.29. The van der Waals surface area contributed by atoms with Gasteiger partial charge in [-0.3, -0.25) is 9.89 Å². The number of aliphatic hydroxyl groups is 1. The standard InChI is InChI=1S/C10H16ClN3O/c11-10(14-3-1-12-2-4-14)5-9(7-15)6-13-8-10/h6,8,12,15H,1-5,7H2. The minimum Gasteiger partial charge on any atom is -0.392 e. The van der Waals surface area contributed by atoms with Gasteiger partial charge in [0.15, 0.2) is 0 Å². The van der Waals surface area contributed by atoms with Gasteiger partial charge in [0.25, 0.3) is 0 Å². The highest BCUT2D eigenvalue weighted by molar-refractivity contribution is 6.32. The molecule has 84 valence electrons. The number of nitrogens with one attached hydrogen (secondary N) is 1. The molecule has 2 N–H and O–H groups in total.